The maximum Gasteiger partial charge on any atom is 0.236 e. The molecule has 2 aliphatic heterocycles. The molecule has 0 spiro atoms. The molecule has 0 aliphatic carbocycles. The lowest BCUT2D eigenvalue weighted by atomic mass is 9.92. The molecule has 0 atom stereocenters. The van der Waals surface area contributed by atoms with E-state index in [1.807, 2.05) is 96.7 Å². The van der Waals surface area contributed by atoms with Crippen LogP contribution in [0.15, 0.2) is 78.4 Å². The van der Waals surface area contributed by atoms with Crippen LogP contribution >= 0.6 is 23.2 Å². The number of likely N-dealkylation sites (tertiary alicyclic amines) is 1. The summed E-state index contributed by atoms with van der Waals surface area (Å²) in [6, 6.07) is 23.3. The minimum Gasteiger partial charge on any atom is -0.368 e. The maximum atomic E-state index is 13.2. The molecule has 2 saturated heterocycles. The molecule has 2 aliphatic rings. The van der Waals surface area contributed by atoms with Gasteiger partial charge >= 0.3 is 0 Å². The summed E-state index contributed by atoms with van der Waals surface area (Å²) in [6.45, 7) is 4.13. The number of hydrogen-bond donors (Lipinski definition) is 0. The second-order valence-electron chi connectivity index (χ2n) is 11.3. The number of benzene rings is 3. The second kappa shape index (κ2) is 12.8. The molecule has 3 aromatic rings. The van der Waals surface area contributed by atoms with Crippen LogP contribution in [-0.2, 0) is 14.6 Å². The van der Waals surface area contributed by atoms with Gasteiger partial charge in [-0.3, -0.25) is 9.69 Å². The number of hydrogen-bond acceptors (Lipinski definition) is 6. The summed E-state index contributed by atoms with van der Waals surface area (Å²) in [6.07, 6.45) is 1.29. The highest BCUT2D eigenvalue weighted by Gasteiger charge is 2.35. The Kier molecular flexibility index (Phi) is 9.30. The molecule has 222 valence electrons. The predicted octanol–water partition coefficient (Wildman–Crippen LogP) is 5.06. The number of likely N-dealkylation sites (N-methyl/N-ethyl adjacent to an activating group) is 1. The Morgan fingerprint density at radius 1 is 0.857 bits per heavy atom. The molecular weight excluding hydrogens is 591 g/mol. The highest BCUT2D eigenvalue weighted by molar-refractivity contribution is 8.00. The number of carbonyl (C=O) groups excluding carboxylic acids is 1. The number of halogens is 2. The van der Waals surface area contributed by atoms with Gasteiger partial charge in [-0.15, -0.1) is 0 Å². The van der Waals surface area contributed by atoms with Crippen molar-refractivity contribution >= 4 is 49.5 Å². The van der Waals surface area contributed by atoms with Gasteiger partial charge in [0.05, 0.1) is 17.5 Å². The van der Waals surface area contributed by atoms with Gasteiger partial charge in [-0.2, -0.15) is 0 Å². The molecule has 0 N–H and O–H groups in total. The fourth-order valence-electron chi connectivity index (χ4n) is 5.78. The smallest absolute Gasteiger partial charge is 0.236 e. The Bertz CT molecular complexity index is 1510. The summed E-state index contributed by atoms with van der Waals surface area (Å²) in [5.41, 5.74) is 4.70. The topological polar surface area (TPSA) is 64.2 Å². The lowest BCUT2D eigenvalue weighted by Crippen LogP contribution is -2.50. The number of piperazine rings is 1. The van der Waals surface area contributed by atoms with Crippen LogP contribution in [-0.4, -0.2) is 95.2 Å². The van der Waals surface area contributed by atoms with E-state index >= 15 is 0 Å². The van der Waals surface area contributed by atoms with Gasteiger partial charge in [0, 0.05) is 61.3 Å². The minimum atomic E-state index is -3.50. The minimum absolute atomic E-state index is 0.0677. The molecule has 0 unspecified atom stereocenters. The number of sulfone groups is 1. The predicted molar refractivity (Wildman–Crippen MR) is 172 cm³/mol. The summed E-state index contributed by atoms with van der Waals surface area (Å²) >= 11 is 12.3. The van der Waals surface area contributed by atoms with Crippen LogP contribution in [0, 0.1) is 0 Å². The zero-order valence-electron chi connectivity index (χ0n) is 24.1. The third-order valence-electron chi connectivity index (χ3n) is 7.77. The molecule has 2 heterocycles. The number of anilines is 1. The normalized spacial score (nSPS) is 16.2. The molecule has 3 aromatic carbocycles. The number of carbonyl (C=O) groups is 1. The zero-order chi connectivity index (χ0) is 30.0. The van der Waals surface area contributed by atoms with Crippen molar-refractivity contribution in [2.75, 3.05) is 71.1 Å². The van der Waals surface area contributed by atoms with E-state index in [1.54, 1.807) is 0 Å². The number of rotatable bonds is 8. The SMILES string of the molecule is CN(C)CC(=O)N1CCN(c2cccc(C(=C3CN(C(c4ccc(Cl)cc4)c4ccc(Cl)cc4)C3)S(C)(=O)=O)c2)CC1. The van der Waals surface area contributed by atoms with E-state index in [2.05, 4.69) is 9.80 Å². The van der Waals surface area contributed by atoms with Gasteiger partial charge in [0.25, 0.3) is 0 Å². The highest BCUT2D eigenvalue weighted by Crippen LogP contribution is 2.39. The molecule has 0 saturated carbocycles. The molecule has 42 heavy (non-hydrogen) atoms. The van der Waals surface area contributed by atoms with E-state index in [4.69, 9.17) is 23.2 Å². The van der Waals surface area contributed by atoms with Gasteiger partial charge < -0.3 is 14.7 Å². The standard InChI is InChI=1S/C32H36Cl2N4O3S/c1-35(2)22-30(39)37-17-15-36(16-18-37)29-6-4-5-25(19-29)32(42(3,40)41)26-20-38(21-26)31(23-7-11-27(33)12-8-23)24-9-13-28(34)14-10-24/h4-14,19,31H,15-18,20-22H2,1-3H3. The Labute approximate surface area is 258 Å². The molecule has 10 heteroatoms. The van der Waals surface area contributed by atoms with E-state index in [0.29, 0.717) is 66.3 Å². The van der Waals surface area contributed by atoms with Gasteiger partial charge in [0.15, 0.2) is 9.84 Å². The number of amides is 1. The van der Waals surface area contributed by atoms with E-state index in [1.165, 1.54) is 6.26 Å². The van der Waals surface area contributed by atoms with Crippen LogP contribution in [0.1, 0.15) is 22.7 Å². The van der Waals surface area contributed by atoms with E-state index in [0.717, 1.165) is 22.4 Å². The average molecular weight is 628 g/mol. The Morgan fingerprint density at radius 2 is 1.40 bits per heavy atom. The third kappa shape index (κ3) is 7.01. The first kappa shape index (κ1) is 30.6. The zero-order valence-corrected chi connectivity index (χ0v) is 26.5. The van der Waals surface area contributed by atoms with Crippen molar-refractivity contribution in [2.45, 2.75) is 6.04 Å². The lowest BCUT2D eigenvalue weighted by molar-refractivity contribution is -0.132. The van der Waals surface area contributed by atoms with Gasteiger partial charge in [-0.25, -0.2) is 8.42 Å². The fraction of sp³-hybridized carbons (Fsp3) is 0.344. The second-order valence-corrected chi connectivity index (χ2v) is 14.1. The third-order valence-corrected chi connectivity index (χ3v) is 9.54. The molecular formula is C32H36Cl2N4O3S. The first-order valence-electron chi connectivity index (χ1n) is 13.9. The van der Waals surface area contributed by atoms with E-state index in [-0.39, 0.29) is 11.9 Å². The average Bonchev–Trinajstić information content (AvgIpc) is 2.92. The molecule has 0 bridgehead atoms. The van der Waals surface area contributed by atoms with Crippen LogP contribution in [0.3, 0.4) is 0 Å². The van der Waals surface area contributed by atoms with E-state index in [9.17, 15) is 13.2 Å². The molecule has 2 fully saturated rings. The monoisotopic (exact) mass is 626 g/mol. The first-order valence-corrected chi connectivity index (χ1v) is 16.6. The largest absolute Gasteiger partial charge is 0.368 e. The Hall–Kier alpha value is -2.88. The van der Waals surface area contributed by atoms with Crippen molar-refractivity contribution in [1.82, 2.24) is 14.7 Å². The van der Waals surface area contributed by atoms with Gasteiger partial charge in [-0.1, -0.05) is 59.6 Å². The molecule has 7 nitrogen and oxygen atoms in total. The van der Waals surface area contributed by atoms with Crippen molar-refractivity contribution in [3.63, 3.8) is 0 Å². The van der Waals surface area contributed by atoms with Crippen molar-refractivity contribution in [3.8, 4) is 0 Å². The maximum absolute atomic E-state index is 13.2. The van der Waals surface area contributed by atoms with Crippen LogP contribution < -0.4 is 4.90 Å². The summed E-state index contributed by atoms with van der Waals surface area (Å²) < 4.78 is 26.4. The van der Waals surface area contributed by atoms with E-state index < -0.39 is 9.84 Å². The van der Waals surface area contributed by atoms with Crippen molar-refractivity contribution < 1.29 is 13.2 Å². The molecule has 0 aromatic heterocycles. The Balaban J connectivity index is 1.38. The summed E-state index contributed by atoms with van der Waals surface area (Å²) in [5.74, 6) is 0.127. The quantitative estimate of drug-likeness (QED) is 0.348. The fourth-order valence-corrected chi connectivity index (χ4v) is 7.24. The van der Waals surface area contributed by atoms with Crippen molar-refractivity contribution in [1.29, 1.82) is 0 Å². The van der Waals surface area contributed by atoms with Crippen LogP contribution in [0.25, 0.3) is 4.91 Å². The first-order chi connectivity index (χ1) is 20.0. The number of nitrogens with zero attached hydrogens (tertiary/aromatic N) is 4. The molecule has 0 radical (unpaired) electrons. The molecule has 1 amide bonds. The highest BCUT2D eigenvalue weighted by atomic mass is 35.5. The van der Waals surface area contributed by atoms with Crippen LogP contribution in [0.2, 0.25) is 10.0 Å². The van der Waals surface area contributed by atoms with Crippen LogP contribution in [0.4, 0.5) is 5.69 Å². The van der Waals surface area contributed by atoms with Gasteiger partial charge in [0.2, 0.25) is 5.91 Å². The summed E-state index contributed by atoms with van der Waals surface area (Å²) in [4.78, 5) is 21.1. The van der Waals surface area contributed by atoms with Crippen molar-refractivity contribution in [2.24, 2.45) is 0 Å². The summed E-state index contributed by atoms with van der Waals surface area (Å²) in [7, 11) is 0.282. The lowest BCUT2D eigenvalue weighted by Gasteiger charge is -2.42. The molecule has 5 rings (SSSR count). The van der Waals surface area contributed by atoms with Gasteiger partial charge in [0.1, 0.15) is 0 Å². The van der Waals surface area contributed by atoms with Gasteiger partial charge in [-0.05, 0) is 72.8 Å². The Morgan fingerprint density at radius 3 is 1.90 bits per heavy atom. The van der Waals surface area contributed by atoms with Crippen molar-refractivity contribution in [3.05, 3.63) is 105 Å². The summed E-state index contributed by atoms with van der Waals surface area (Å²) in [5, 5.41) is 1.33. The van der Waals surface area contributed by atoms with Crippen LogP contribution in [0.5, 0.6) is 0 Å².